The normalized spacial score (nSPS) is 40.9. The van der Waals surface area contributed by atoms with Crippen LogP contribution in [-0.2, 0) is 0 Å². The minimum absolute atomic E-state index is 0.0232. The van der Waals surface area contributed by atoms with E-state index < -0.39 is 0 Å². The second kappa shape index (κ2) is 3.18. The van der Waals surface area contributed by atoms with Gasteiger partial charge in [-0.15, -0.1) is 0 Å². The van der Waals surface area contributed by atoms with Crippen molar-refractivity contribution in [2.24, 2.45) is 17.3 Å². The van der Waals surface area contributed by atoms with Gasteiger partial charge in [0.15, 0.2) is 0 Å². The molecule has 1 nitrogen and oxygen atoms in total. The maximum atomic E-state index is 9.28. The van der Waals surface area contributed by atoms with Crippen LogP contribution in [0.3, 0.4) is 0 Å². The van der Waals surface area contributed by atoms with Crippen LogP contribution in [-0.4, -0.2) is 0 Å². The lowest BCUT2D eigenvalue weighted by Gasteiger charge is -2.27. The van der Waals surface area contributed by atoms with E-state index in [4.69, 9.17) is 0 Å². The summed E-state index contributed by atoms with van der Waals surface area (Å²) in [4.78, 5) is 0. The molecule has 0 radical (unpaired) electrons. The van der Waals surface area contributed by atoms with Gasteiger partial charge in [0.25, 0.3) is 0 Å². The van der Waals surface area contributed by atoms with Crippen LogP contribution in [0.5, 0.6) is 0 Å². The van der Waals surface area contributed by atoms with E-state index in [1.807, 2.05) is 0 Å². The van der Waals surface area contributed by atoms with Gasteiger partial charge in [-0.2, -0.15) is 5.26 Å². The van der Waals surface area contributed by atoms with Crippen LogP contribution in [0.4, 0.5) is 0 Å². The van der Waals surface area contributed by atoms with Crippen molar-refractivity contribution >= 4 is 0 Å². The summed E-state index contributed by atoms with van der Waals surface area (Å²) < 4.78 is 0. The molecule has 2 aliphatic carbocycles. The molecule has 0 N–H and O–H groups in total. The Kier molecular flexibility index (Phi) is 2.15. The number of hydrogen-bond acceptors (Lipinski definition) is 1. The van der Waals surface area contributed by atoms with Gasteiger partial charge in [0.2, 0.25) is 0 Å². The first-order chi connectivity index (χ1) is 6.30. The van der Waals surface area contributed by atoms with E-state index in [9.17, 15) is 5.26 Å². The van der Waals surface area contributed by atoms with Crippen molar-refractivity contribution < 1.29 is 0 Å². The predicted octanol–water partition coefficient (Wildman–Crippen LogP) is 3.28. The molecule has 3 atom stereocenters. The highest BCUT2D eigenvalue weighted by atomic mass is 14.5. The summed E-state index contributed by atoms with van der Waals surface area (Å²) >= 11 is 0. The average molecular weight is 175 g/mol. The zero-order valence-electron chi connectivity index (χ0n) is 8.29. The molecule has 1 heteroatoms. The minimum atomic E-state index is 0.0232. The lowest BCUT2D eigenvalue weighted by atomic mass is 9.73. The second-order valence-electron chi connectivity index (χ2n) is 4.56. The molecule has 0 heterocycles. The third-order valence-electron chi connectivity index (χ3n) is 3.71. The number of fused-ring (bicyclic) bond motifs is 2. The Labute approximate surface area is 80.4 Å². The molecular formula is C12H17N. The number of nitriles is 1. The number of rotatable bonds is 3. The van der Waals surface area contributed by atoms with E-state index in [0.29, 0.717) is 5.92 Å². The van der Waals surface area contributed by atoms with Gasteiger partial charge in [-0.3, -0.25) is 0 Å². The zero-order valence-corrected chi connectivity index (χ0v) is 8.29. The first-order valence-electron chi connectivity index (χ1n) is 5.40. The number of nitrogens with zero attached hydrogens (tertiary/aromatic N) is 1. The van der Waals surface area contributed by atoms with Gasteiger partial charge in [0.1, 0.15) is 0 Å². The molecular weight excluding hydrogens is 158 g/mol. The molecule has 2 aliphatic rings. The van der Waals surface area contributed by atoms with E-state index >= 15 is 0 Å². The first-order valence-corrected chi connectivity index (χ1v) is 5.40. The van der Waals surface area contributed by atoms with Crippen LogP contribution in [0.25, 0.3) is 0 Å². The summed E-state index contributed by atoms with van der Waals surface area (Å²) in [5.74, 6) is 1.30. The molecule has 0 spiro atoms. The van der Waals surface area contributed by atoms with E-state index in [0.717, 1.165) is 18.8 Å². The van der Waals surface area contributed by atoms with Crippen LogP contribution in [0.1, 0.15) is 39.0 Å². The van der Waals surface area contributed by atoms with Crippen molar-refractivity contribution in [3.63, 3.8) is 0 Å². The van der Waals surface area contributed by atoms with Crippen LogP contribution in [0.15, 0.2) is 12.2 Å². The van der Waals surface area contributed by atoms with Gasteiger partial charge in [-0.25, -0.2) is 0 Å². The van der Waals surface area contributed by atoms with Crippen LogP contribution >= 0.6 is 0 Å². The number of unbranched alkanes of at least 4 members (excludes halogenated alkanes) is 1. The van der Waals surface area contributed by atoms with Gasteiger partial charge < -0.3 is 0 Å². The molecule has 2 rings (SSSR count). The Hall–Kier alpha value is -0.770. The fraction of sp³-hybridized carbons (Fsp3) is 0.750. The van der Waals surface area contributed by atoms with E-state index in [1.165, 1.54) is 19.3 Å². The number of hydrogen-bond donors (Lipinski definition) is 0. The summed E-state index contributed by atoms with van der Waals surface area (Å²) in [5, 5.41) is 9.28. The third kappa shape index (κ3) is 1.29. The molecule has 0 saturated heterocycles. The Morgan fingerprint density at radius 3 is 2.85 bits per heavy atom. The van der Waals surface area contributed by atoms with E-state index in [2.05, 4.69) is 25.1 Å². The maximum Gasteiger partial charge on any atom is 0.0696 e. The van der Waals surface area contributed by atoms with Crippen LogP contribution < -0.4 is 0 Å². The smallest absolute Gasteiger partial charge is 0.0696 e. The third-order valence-corrected chi connectivity index (χ3v) is 3.71. The van der Waals surface area contributed by atoms with Gasteiger partial charge in [0, 0.05) is 0 Å². The quantitative estimate of drug-likeness (QED) is 0.604. The summed E-state index contributed by atoms with van der Waals surface area (Å²) in [6.07, 6.45) is 10.5. The highest BCUT2D eigenvalue weighted by Gasteiger charge is 2.47. The molecule has 2 bridgehead atoms. The SMILES string of the molecule is CCCCC1(C#N)CC2C=CC1C2. The Balaban J connectivity index is 2.10. The van der Waals surface area contributed by atoms with Crippen molar-refractivity contribution in [3.8, 4) is 6.07 Å². The minimum Gasteiger partial charge on any atom is -0.198 e. The summed E-state index contributed by atoms with van der Waals surface area (Å²) in [6, 6.07) is 2.59. The van der Waals surface area contributed by atoms with Crippen molar-refractivity contribution in [2.45, 2.75) is 39.0 Å². The highest BCUT2D eigenvalue weighted by molar-refractivity contribution is 5.21. The van der Waals surface area contributed by atoms with Gasteiger partial charge >= 0.3 is 0 Å². The van der Waals surface area contributed by atoms with Crippen LogP contribution in [0.2, 0.25) is 0 Å². The fourth-order valence-corrected chi connectivity index (χ4v) is 2.92. The van der Waals surface area contributed by atoms with Gasteiger partial charge in [0.05, 0.1) is 11.5 Å². The molecule has 0 aromatic carbocycles. The Morgan fingerprint density at radius 2 is 2.38 bits per heavy atom. The summed E-state index contributed by atoms with van der Waals surface area (Å²) in [5.41, 5.74) is 0.0232. The summed E-state index contributed by atoms with van der Waals surface area (Å²) in [6.45, 7) is 2.20. The molecule has 1 fully saturated rings. The predicted molar refractivity (Wildman–Crippen MR) is 52.9 cm³/mol. The van der Waals surface area contributed by atoms with Crippen molar-refractivity contribution in [1.29, 1.82) is 5.26 Å². The van der Waals surface area contributed by atoms with Gasteiger partial charge in [-0.1, -0.05) is 31.9 Å². The Morgan fingerprint density at radius 1 is 1.54 bits per heavy atom. The highest BCUT2D eigenvalue weighted by Crippen LogP contribution is 2.54. The maximum absolute atomic E-state index is 9.28. The molecule has 0 aromatic heterocycles. The van der Waals surface area contributed by atoms with Gasteiger partial charge in [-0.05, 0) is 31.1 Å². The van der Waals surface area contributed by atoms with E-state index in [1.54, 1.807) is 0 Å². The standard InChI is InChI=1S/C12H17N/c1-2-3-6-12(9-13)8-10-4-5-11(12)7-10/h4-5,10-11H,2-3,6-8H2,1H3. The largest absolute Gasteiger partial charge is 0.198 e. The lowest BCUT2D eigenvalue weighted by Crippen LogP contribution is -2.23. The number of allylic oxidation sites excluding steroid dienone is 2. The molecule has 0 aliphatic heterocycles. The molecule has 1 saturated carbocycles. The van der Waals surface area contributed by atoms with Crippen molar-refractivity contribution in [1.82, 2.24) is 0 Å². The monoisotopic (exact) mass is 175 g/mol. The van der Waals surface area contributed by atoms with Crippen LogP contribution in [0, 0.1) is 28.6 Å². The second-order valence-corrected chi connectivity index (χ2v) is 4.56. The van der Waals surface area contributed by atoms with Crippen molar-refractivity contribution in [2.75, 3.05) is 0 Å². The topological polar surface area (TPSA) is 23.8 Å². The average Bonchev–Trinajstić information content (AvgIpc) is 2.74. The molecule has 3 unspecified atom stereocenters. The fourth-order valence-electron chi connectivity index (χ4n) is 2.92. The molecule has 70 valence electrons. The van der Waals surface area contributed by atoms with E-state index in [-0.39, 0.29) is 5.41 Å². The zero-order chi connectivity index (χ0) is 9.31. The summed E-state index contributed by atoms with van der Waals surface area (Å²) in [7, 11) is 0. The van der Waals surface area contributed by atoms with Crippen molar-refractivity contribution in [3.05, 3.63) is 12.2 Å². The molecule has 0 aromatic rings. The first kappa shape index (κ1) is 8.81. The molecule has 0 amide bonds. The lowest BCUT2D eigenvalue weighted by molar-refractivity contribution is 0.292. The Bertz CT molecular complexity index is 261. The molecule has 13 heavy (non-hydrogen) atoms.